The smallest absolute Gasteiger partial charge is 0.129 e. The highest BCUT2D eigenvalue weighted by atomic mass is 35.5. The average molecular weight is 338 g/mol. The first-order valence-electron chi connectivity index (χ1n) is 7.62. The SMILES string of the molecule is C=C/C(NC1=C(F)CC=CC=C1Cl)=C(\C=C(C)C)CC=O.CC. The molecule has 0 saturated carbocycles. The van der Waals surface area contributed by atoms with E-state index in [0.717, 1.165) is 17.4 Å². The summed E-state index contributed by atoms with van der Waals surface area (Å²) in [5, 5.41) is 3.24. The molecule has 126 valence electrons. The van der Waals surface area contributed by atoms with E-state index in [9.17, 15) is 9.18 Å². The Morgan fingerprint density at radius 3 is 2.61 bits per heavy atom. The van der Waals surface area contributed by atoms with Crippen molar-refractivity contribution in [3.63, 3.8) is 0 Å². The second-order valence-electron chi connectivity index (χ2n) is 4.79. The molecule has 4 heteroatoms. The third-order valence-electron chi connectivity index (χ3n) is 2.76. The van der Waals surface area contributed by atoms with Crippen LogP contribution in [0.3, 0.4) is 0 Å². The van der Waals surface area contributed by atoms with E-state index in [1.54, 1.807) is 24.3 Å². The second kappa shape index (κ2) is 11.7. The topological polar surface area (TPSA) is 29.1 Å². The van der Waals surface area contributed by atoms with Crippen LogP contribution in [-0.4, -0.2) is 6.29 Å². The van der Waals surface area contributed by atoms with Crippen LogP contribution in [0.1, 0.15) is 40.5 Å². The third kappa shape index (κ3) is 7.29. The Balaban J connectivity index is 0.00000232. The predicted molar refractivity (Wildman–Crippen MR) is 97.6 cm³/mol. The number of hydrogen-bond donors (Lipinski definition) is 1. The summed E-state index contributed by atoms with van der Waals surface area (Å²) < 4.78 is 14.1. The summed E-state index contributed by atoms with van der Waals surface area (Å²) in [6, 6.07) is 0. The molecular weight excluding hydrogens is 313 g/mol. The van der Waals surface area contributed by atoms with Gasteiger partial charge >= 0.3 is 0 Å². The molecule has 1 rings (SSSR count). The zero-order valence-corrected chi connectivity index (χ0v) is 15.0. The van der Waals surface area contributed by atoms with Crippen LogP contribution in [-0.2, 0) is 4.79 Å². The van der Waals surface area contributed by atoms with E-state index in [0.29, 0.717) is 5.70 Å². The maximum absolute atomic E-state index is 14.1. The Morgan fingerprint density at radius 2 is 2.09 bits per heavy atom. The quantitative estimate of drug-likeness (QED) is 0.485. The summed E-state index contributed by atoms with van der Waals surface area (Å²) in [6.45, 7) is 11.6. The summed E-state index contributed by atoms with van der Waals surface area (Å²) in [7, 11) is 0. The molecular formula is C19H25ClFNO. The number of carbonyl (C=O) groups excluding carboxylic acids is 1. The van der Waals surface area contributed by atoms with Gasteiger partial charge in [0.2, 0.25) is 0 Å². The molecule has 23 heavy (non-hydrogen) atoms. The average Bonchev–Trinajstić information content (AvgIpc) is 2.68. The molecule has 0 heterocycles. The van der Waals surface area contributed by atoms with E-state index in [2.05, 4.69) is 11.9 Å². The van der Waals surface area contributed by atoms with Gasteiger partial charge in [-0.2, -0.15) is 0 Å². The Labute approximate surface area is 143 Å². The monoisotopic (exact) mass is 337 g/mol. The lowest BCUT2D eigenvalue weighted by atomic mass is 10.1. The second-order valence-corrected chi connectivity index (χ2v) is 5.19. The zero-order chi connectivity index (χ0) is 17.8. The third-order valence-corrected chi connectivity index (χ3v) is 3.08. The van der Waals surface area contributed by atoms with Crippen molar-refractivity contribution in [1.82, 2.24) is 5.32 Å². The molecule has 1 N–H and O–H groups in total. The Hall–Kier alpha value is -1.87. The summed E-state index contributed by atoms with van der Waals surface area (Å²) in [5.41, 5.74) is 2.55. The molecule has 0 spiro atoms. The lowest BCUT2D eigenvalue weighted by molar-refractivity contribution is -0.107. The van der Waals surface area contributed by atoms with E-state index >= 15 is 0 Å². The summed E-state index contributed by atoms with van der Waals surface area (Å²) in [5.74, 6) is -0.355. The fourth-order valence-electron chi connectivity index (χ4n) is 1.85. The molecule has 0 aromatic heterocycles. The lowest BCUT2D eigenvalue weighted by Crippen LogP contribution is -2.15. The van der Waals surface area contributed by atoms with Crippen molar-refractivity contribution in [2.75, 3.05) is 0 Å². The van der Waals surface area contributed by atoms with Gasteiger partial charge in [-0.15, -0.1) is 0 Å². The van der Waals surface area contributed by atoms with Crippen molar-refractivity contribution in [3.05, 3.63) is 70.4 Å². The first-order chi connectivity index (χ1) is 11.0. The summed E-state index contributed by atoms with van der Waals surface area (Å²) >= 11 is 6.08. The fourth-order valence-corrected chi connectivity index (χ4v) is 2.07. The molecule has 0 saturated heterocycles. The first kappa shape index (κ1) is 21.1. The Morgan fingerprint density at radius 1 is 1.43 bits per heavy atom. The number of hydrogen-bond acceptors (Lipinski definition) is 2. The molecule has 1 aliphatic rings. The molecule has 0 aromatic rings. The number of rotatable bonds is 6. The van der Waals surface area contributed by atoms with Gasteiger partial charge in [-0.3, -0.25) is 0 Å². The van der Waals surface area contributed by atoms with E-state index in [1.807, 2.05) is 33.8 Å². The van der Waals surface area contributed by atoms with Crippen LogP contribution < -0.4 is 5.32 Å². The van der Waals surface area contributed by atoms with Crippen molar-refractivity contribution in [2.45, 2.75) is 40.5 Å². The molecule has 0 radical (unpaired) electrons. The molecule has 1 aliphatic carbocycles. The minimum Gasteiger partial charge on any atom is -0.352 e. The van der Waals surface area contributed by atoms with Crippen LogP contribution in [0.15, 0.2) is 70.4 Å². The van der Waals surface area contributed by atoms with Gasteiger partial charge < -0.3 is 10.1 Å². The van der Waals surface area contributed by atoms with Crippen molar-refractivity contribution in [2.24, 2.45) is 0 Å². The van der Waals surface area contributed by atoms with Gasteiger partial charge in [0.25, 0.3) is 0 Å². The first-order valence-corrected chi connectivity index (χ1v) is 7.99. The van der Waals surface area contributed by atoms with Gasteiger partial charge in [-0.1, -0.05) is 55.8 Å². The van der Waals surface area contributed by atoms with Crippen LogP contribution in [0, 0.1) is 0 Å². The lowest BCUT2D eigenvalue weighted by Gasteiger charge is -2.14. The zero-order valence-electron chi connectivity index (χ0n) is 14.2. The van der Waals surface area contributed by atoms with Gasteiger partial charge in [0, 0.05) is 18.5 Å². The minimum absolute atomic E-state index is 0.172. The van der Waals surface area contributed by atoms with Crippen molar-refractivity contribution < 1.29 is 9.18 Å². The van der Waals surface area contributed by atoms with Gasteiger partial charge in [-0.05, 0) is 31.6 Å². The molecule has 0 aromatic carbocycles. The minimum atomic E-state index is -0.355. The number of nitrogens with one attached hydrogen (secondary N) is 1. The van der Waals surface area contributed by atoms with E-state index in [-0.39, 0.29) is 29.4 Å². The Kier molecular flexibility index (Phi) is 10.7. The van der Waals surface area contributed by atoms with Gasteiger partial charge in [0.1, 0.15) is 12.1 Å². The Bertz CT molecular complexity index is 576. The van der Waals surface area contributed by atoms with Gasteiger partial charge in [0.05, 0.1) is 10.7 Å². The largest absolute Gasteiger partial charge is 0.352 e. The molecule has 2 nitrogen and oxygen atoms in total. The molecule has 0 unspecified atom stereocenters. The normalized spacial score (nSPS) is 14.6. The van der Waals surface area contributed by atoms with Crippen molar-refractivity contribution in [1.29, 1.82) is 0 Å². The van der Waals surface area contributed by atoms with E-state index in [1.165, 1.54) is 0 Å². The molecule has 0 bridgehead atoms. The van der Waals surface area contributed by atoms with Crippen LogP contribution in [0.25, 0.3) is 0 Å². The van der Waals surface area contributed by atoms with Gasteiger partial charge in [-0.25, -0.2) is 4.39 Å². The maximum atomic E-state index is 14.1. The molecule has 0 aliphatic heterocycles. The van der Waals surface area contributed by atoms with Crippen LogP contribution in [0.4, 0.5) is 4.39 Å². The van der Waals surface area contributed by atoms with Crippen LogP contribution in [0.5, 0.6) is 0 Å². The number of allylic oxidation sites excluding steroid dienone is 9. The van der Waals surface area contributed by atoms with Crippen LogP contribution >= 0.6 is 11.6 Å². The fraction of sp³-hybridized carbons (Fsp3) is 0.316. The van der Waals surface area contributed by atoms with Crippen LogP contribution in [0.2, 0.25) is 0 Å². The van der Waals surface area contributed by atoms with E-state index in [4.69, 9.17) is 11.6 Å². The van der Waals surface area contributed by atoms with E-state index < -0.39 is 0 Å². The highest BCUT2D eigenvalue weighted by Gasteiger charge is 2.13. The summed E-state index contributed by atoms with van der Waals surface area (Å²) in [6.07, 6.45) is 9.63. The highest BCUT2D eigenvalue weighted by molar-refractivity contribution is 6.32. The number of halogens is 2. The van der Waals surface area contributed by atoms with Crippen molar-refractivity contribution in [3.8, 4) is 0 Å². The number of carbonyl (C=O) groups is 1. The number of aldehydes is 1. The van der Waals surface area contributed by atoms with Gasteiger partial charge in [0.15, 0.2) is 0 Å². The standard InChI is InChI=1S/C17H19ClFNO.C2H6/c1-4-16(13(9-10-21)11-12(2)3)20-17-14(18)7-5-6-8-15(17)19;1-2/h4-7,10-11,20H,1,8-9H2,2-3H3;1-2H3/b16-13+;. The summed E-state index contributed by atoms with van der Waals surface area (Å²) in [4.78, 5) is 10.8. The highest BCUT2D eigenvalue weighted by Crippen LogP contribution is 2.25. The van der Waals surface area contributed by atoms with Crippen molar-refractivity contribution >= 4 is 17.9 Å². The molecule has 0 atom stereocenters. The maximum Gasteiger partial charge on any atom is 0.129 e. The molecule has 0 amide bonds. The molecule has 0 fully saturated rings. The predicted octanol–water partition coefficient (Wildman–Crippen LogP) is 5.86.